The van der Waals surface area contributed by atoms with E-state index in [0.717, 1.165) is 45.1 Å². The first-order valence-corrected chi connectivity index (χ1v) is 13.6. The molecule has 8 rings (SSSR count). The maximum absolute atomic E-state index is 13.6. The van der Waals surface area contributed by atoms with Crippen molar-refractivity contribution in [3.05, 3.63) is 88.2 Å². The van der Waals surface area contributed by atoms with E-state index in [-0.39, 0.29) is 28.6 Å². The molecule has 1 fully saturated rings. The first-order chi connectivity index (χ1) is 18.4. The van der Waals surface area contributed by atoms with Crippen LogP contribution in [0.4, 0.5) is 5.69 Å². The number of nitrogens with one attached hydrogen (secondary N) is 3. The molecule has 186 valence electrons. The monoisotopic (exact) mass is 518 g/mol. The lowest BCUT2D eigenvalue weighted by atomic mass is 9.75. The summed E-state index contributed by atoms with van der Waals surface area (Å²) in [5, 5.41) is 4.63. The van der Waals surface area contributed by atoms with Crippen LogP contribution >= 0.6 is 11.8 Å². The molecule has 8 heteroatoms. The van der Waals surface area contributed by atoms with E-state index in [2.05, 4.69) is 27.2 Å². The number of H-pyrrole nitrogens is 2. The Bertz CT molecular complexity index is 1870. The van der Waals surface area contributed by atoms with E-state index in [1.54, 1.807) is 30.2 Å². The third-order valence-electron chi connectivity index (χ3n) is 8.39. The van der Waals surface area contributed by atoms with Gasteiger partial charge < -0.3 is 15.3 Å². The molecule has 3 atom stereocenters. The molecule has 1 spiro atoms. The summed E-state index contributed by atoms with van der Waals surface area (Å²) in [7, 11) is 0. The smallest absolute Gasteiger partial charge is 0.255 e. The van der Waals surface area contributed by atoms with Crippen LogP contribution in [0, 0.1) is 11.3 Å². The van der Waals surface area contributed by atoms with Gasteiger partial charge in [-0.3, -0.25) is 19.4 Å². The minimum atomic E-state index is -0.614. The highest BCUT2D eigenvalue weighted by Crippen LogP contribution is 2.67. The zero-order valence-electron chi connectivity index (χ0n) is 20.4. The zero-order valence-corrected chi connectivity index (χ0v) is 21.2. The normalized spacial score (nSPS) is 25.2. The molecule has 1 amide bonds. The molecule has 0 saturated heterocycles. The fourth-order valence-electron chi connectivity index (χ4n) is 6.46. The number of Topliss-reactive ketones (excluding diaryl/α,β-unsaturated/α-hetero) is 2. The number of carbonyl (C=O) groups is 3. The van der Waals surface area contributed by atoms with Gasteiger partial charge >= 0.3 is 0 Å². The molecule has 3 N–H and O–H groups in total. The van der Waals surface area contributed by atoms with Crippen molar-refractivity contribution in [1.29, 1.82) is 0 Å². The summed E-state index contributed by atoms with van der Waals surface area (Å²) in [6, 6.07) is 13.1. The quantitative estimate of drug-likeness (QED) is 0.297. The van der Waals surface area contributed by atoms with Crippen LogP contribution in [0.2, 0.25) is 0 Å². The van der Waals surface area contributed by atoms with Gasteiger partial charge in [-0.1, -0.05) is 25.1 Å². The second-order valence-corrected chi connectivity index (χ2v) is 11.8. The number of nitrogens with zero attached hydrogens (tertiary/aromatic N) is 1. The van der Waals surface area contributed by atoms with Crippen molar-refractivity contribution in [3.63, 3.8) is 0 Å². The number of aromatic nitrogens is 2. The van der Waals surface area contributed by atoms with E-state index in [9.17, 15) is 14.4 Å². The van der Waals surface area contributed by atoms with E-state index in [1.807, 2.05) is 42.6 Å². The van der Waals surface area contributed by atoms with Crippen LogP contribution in [0.25, 0.3) is 21.8 Å². The summed E-state index contributed by atoms with van der Waals surface area (Å²) in [4.78, 5) is 51.3. The number of benzene rings is 2. The van der Waals surface area contributed by atoms with Crippen molar-refractivity contribution < 1.29 is 14.4 Å². The maximum atomic E-state index is 13.6. The van der Waals surface area contributed by atoms with Crippen LogP contribution in [-0.2, 0) is 4.79 Å². The van der Waals surface area contributed by atoms with Crippen molar-refractivity contribution >= 4 is 62.4 Å². The Hall–Kier alpha value is -4.17. The van der Waals surface area contributed by atoms with Gasteiger partial charge in [0.25, 0.3) is 5.91 Å². The highest BCUT2D eigenvalue weighted by atomic mass is 32.2. The molecule has 38 heavy (non-hydrogen) atoms. The summed E-state index contributed by atoms with van der Waals surface area (Å²) in [5.41, 5.74) is 5.80. The van der Waals surface area contributed by atoms with Gasteiger partial charge in [0.15, 0.2) is 11.6 Å². The topological polar surface area (TPSA) is 107 Å². The minimum Gasteiger partial charge on any atom is -0.361 e. The first-order valence-electron chi connectivity index (χ1n) is 12.7. The number of fused-ring (bicyclic) bond motifs is 2. The number of thioether (sulfide) groups is 1. The molecule has 0 bridgehead atoms. The molecule has 2 aliphatic heterocycles. The van der Waals surface area contributed by atoms with Crippen molar-refractivity contribution in [2.24, 2.45) is 16.3 Å². The number of aliphatic imine (C=N–C) groups is 1. The van der Waals surface area contributed by atoms with Gasteiger partial charge in [0.1, 0.15) is 5.41 Å². The average molecular weight is 519 g/mol. The summed E-state index contributed by atoms with van der Waals surface area (Å²) < 4.78 is 0. The molecule has 3 unspecified atom stereocenters. The highest BCUT2D eigenvalue weighted by molar-refractivity contribution is 8.04. The van der Waals surface area contributed by atoms with Gasteiger partial charge in [0.05, 0.1) is 10.9 Å². The Kier molecular flexibility index (Phi) is 4.29. The number of anilines is 1. The molecule has 4 heterocycles. The molecule has 4 aromatic rings. The Labute approximate surface area is 221 Å². The summed E-state index contributed by atoms with van der Waals surface area (Å²) in [5.74, 6) is 0.243. The Balaban J connectivity index is 1.03. The number of allylic oxidation sites excluding steroid dienone is 3. The Morgan fingerprint density at radius 3 is 2.76 bits per heavy atom. The molecule has 1 saturated carbocycles. The van der Waals surface area contributed by atoms with E-state index in [0.29, 0.717) is 23.2 Å². The standard InChI is InChI=1S/C30H22N4O3S/c1-14-8-24-19(30-20(28(30)36)12-33-27(14)30)11-25(38-24)26(35)16-4-5-18-22(9-16)32-13-23(18)34-29(37)17-3-2-15-6-7-31-21(15)10-17/h2-7,9-10,12-14,25,31-32H,8,11H2,1H3,(H,34,37). The molecule has 7 nitrogen and oxygen atoms in total. The Morgan fingerprint density at radius 2 is 1.89 bits per heavy atom. The number of rotatable bonds is 4. The number of amides is 1. The van der Waals surface area contributed by atoms with Gasteiger partial charge in [-0.2, -0.15) is 0 Å². The minimum absolute atomic E-state index is 0.0601. The van der Waals surface area contributed by atoms with Crippen LogP contribution in [0.5, 0.6) is 0 Å². The van der Waals surface area contributed by atoms with Crippen LogP contribution in [0.3, 0.4) is 0 Å². The molecular formula is C30H22N4O3S. The highest BCUT2D eigenvalue weighted by Gasteiger charge is 2.71. The molecule has 2 aromatic heterocycles. The lowest BCUT2D eigenvalue weighted by Gasteiger charge is -2.27. The first kappa shape index (κ1) is 21.9. The van der Waals surface area contributed by atoms with Crippen LogP contribution in [0.1, 0.15) is 40.5 Å². The number of hydrogen-bond donors (Lipinski definition) is 3. The lowest BCUT2D eigenvalue weighted by molar-refractivity contribution is -0.110. The van der Waals surface area contributed by atoms with Gasteiger partial charge in [-0.05, 0) is 53.0 Å². The van der Waals surface area contributed by atoms with Crippen molar-refractivity contribution in [2.45, 2.75) is 25.0 Å². The summed E-state index contributed by atoms with van der Waals surface area (Å²) >= 11 is 1.62. The fraction of sp³-hybridized carbons (Fsp3) is 0.200. The predicted octanol–water partition coefficient (Wildman–Crippen LogP) is 5.79. The van der Waals surface area contributed by atoms with Gasteiger partial charge in [0.2, 0.25) is 0 Å². The van der Waals surface area contributed by atoms with E-state index >= 15 is 0 Å². The van der Waals surface area contributed by atoms with Gasteiger partial charge in [0, 0.05) is 63.3 Å². The average Bonchev–Trinajstić information content (AvgIpc) is 3.54. The van der Waals surface area contributed by atoms with Gasteiger partial charge in [-0.25, -0.2) is 0 Å². The number of carbonyl (C=O) groups excluding carboxylic acids is 3. The van der Waals surface area contributed by atoms with Crippen LogP contribution < -0.4 is 5.32 Å². The van der Waals surface area contributed by atoms with Crippen LogP contribution in [-0.4, -0.2) is 38.4 Å². The third kappa shape index (κ3) is 2.81. The predicted molar refractivity (Wildman–Crippen MR) is 149 cm³/mol. The molecule has 2 aliphatic carbocycles. The molecule has 0 radical (unpaired) electrons. The number of ketones is 2. The molecule has 2 aromatic carbocycles. The SMILES string of the molecule is CC1CC2=C(CC(C(=O)c3ccc4c(NC(=O)c5ccc6cc[nH]c6c5)c[nH]c4c3)S2)C23C(=O)C2=CN=C13. The lowest BCUT2D eigenvalue weighted by Crippen LogP contribution is -2.30. The zero-order chi connectivity index (χ0) is 25.8. The third-order valence-corrected chi connectivity index (χ3v) is 9.75. The van der Waals surface area contributed by atoms with Crippen molar-refractivity contribution in [3.8, 4) is 0 Å². The summed E-state index contributed by atoms with van der Waals surface area (Å²) in [6.45, 7) is 2.12. The maximum Gasteiger partial charge on any atom is 0.255 e. The fourth-order valence-corrected chi connectivity index (χ4v) is 8.02. The van der Waals surface area contributed by atoms with E-state index in [1.165, 1.54) is 4.91 Å². The van der Waals surface area contributed by atoms with Crippen molar-refractivity contribution in [1.82, 2.24) is 9.97 Å². The van der Waals surface area contributed by atoms with Gasteiger partial charge in [-0.15, -0.1) is 11.8 Å². The Morgan fingerprint density at radius 1 is 1.05 bits per heavy atom. The van der Waals surface area contributed by atoms with Crippen molar-refractivity contribution in [2.75, 3.05) is 5.32 Å². The van der Waals surface area contributed by atoms with Crippen LogP contribution in [0.15, 0.2) is 82.1 Å². The van der Waals surface area contributed by atoms with E-state index < -0.39 is 5.41 Å². The van der Waals surface area contributed by atoms with E-state index in [4.69, 9.17) is 0 Å². The second-order valence-electron chi connectivity index (χ2n) is 10.5. The second kappa shape index (κ2) is 7.45. The number of hydrogen-bond acceptors (Lipinski definition) is 5. The largest absolute Gasteiger partial charge is 0.361 e. The summed E-state index contributed by atoms with van der Waals surface area (Å²) in [6.07, 6.45) is 6.76. The molecule has 4 aliphatic rings. The number of aromatic amines is 2. The molecular weight excluding hydrogens is 496 g/mol.